The van der Waals surface area contributed by atoms with Gasteiger partial charge < -0.3 is 9.64 Å². The summed E-state index contributed by atoms with van der Waals surface area (Å²) in [7, 11) is -3.55. The Balaban J connectivity index is 1.98. The summed E-state index contributed by atoms with van der Waals surface area (Å²) in [5.74, 6) is 0. The van der Waals surface area contributed by atoms with E-state index in [9.17, 15) is 13.2 Å². The highest BCUT2D eigenvalue weighted by atomic mass is 79.9. The standard InChI is InChI=1S/C14H21BrN2O4S2/c1-14(2,3)21-13(18)17-8-4-5-10(17)9-16-23(19,20)12-7-6-11(15)22-12/h6-7,10,16H,4-5,8-9H2,1-3H3/t10-/m0/s1. The summed E-state index contributed by atoms with van der Waals surface area (Å²) in [6.45, 7) is 6.22. The number of hydrogen-bond acceptors (Lipinski definition) is 5. The zero-order valence-electron chi connectivity index (χ0n) is 13.3. The molecule has 1 atom stereocenters. The fourth-order valence-electron chi connectivity index (χ4n) is 2.33. The maximum atomic E-state index is 12.3. The van der Waals surface area contributed by atoms with Gasteiger partial charge in [0, 0.05) is 19.1 Å². The van der Waals surface area contributed by atoms with Crippen molar-refractivity contribution >= 4 is 43.4 Å². The van der Waals surface area contributed by atoms with E-state index in [-0.39, 0.29) is 16.8 Å². The van der Waals surface area contributed by atoms with Crippen LogP contribution < -0.4 is 4.72 Å². The molecule has 1 amide bonds. The van der Waals surface area contributed by atoms with E-state index in [0.29, 0.717) is 6.54 Å². The molecule has 0 spiro atoms. The molecule has 1 fully saturated rings. The highest BCUT2D eigenvalue weighted by Gasteiger charge is 2.33. The Morgan fingerprint density at radius 2 is 2.17 bits per heavy atom. The molecule has 23 heavy (non-hydrogen) atoms. The van der Waals surface area contributed by atoms with Crippen LogP contribution in [0, 0.1) is 0 Å². The molecule has 1 saturated heterocycles. The number of nitrogens with zero attached hydrogens (tertiary/aromatic N) is 1. The third-order valence-corrected chi connectivity index (χ3v) is 6.87. The minimum atomic E-state index is -3.55. The minimum Gasteiger partial charge on any atom is -0.444 e. The maximum absolute atomic E-state index is 12.3. The van der Waals surface area contributed by atoms with Crippen molar-refractivity contribution in [2.75, 3.05) is 13.1 Å². The fourth-order valence-corrected chi connectivity index (χ4v) is 5.46. The third kappa shape index (κ3) is 5.17. The van der Waals surface area contributed by atoms with Gasteiger partial charge in [-0.2, -0.15) is 0 Å². The second-order valence-corrected chi connectivity index (χ2v) is 10.8. The van der Waals surface area contributed by atoms with Crippen LogP contribution in [0.2, 0.25) is 0 Å². The van der Waals surface area contributed by atoms with Crippen molar-refractivity contribution in [3.05, 3.63) is 15.9 Å². The number of thiophene rings is 1. The number of likely N-dealkylation sites (tertiary alicyclic amines) is 1. The van der Waals surface area contributed by atoms with Crippen LogP contribution >= 0.6 is 27.3 Å². The molecule has 0 radical (unpaired) electrons. The lowest BCUT2D eigenvalue weighted by molar-refractivity contribution is 0.0229. The molecule has 2 heterocycles. The third-order valence-electron chi connectivity index (χ3n) is 3.33. The maximum Gasteiger partial charge on any atom is 0.410 e. The van der Waals surface area contributed by atoms with Crippen LogP contribution in [0.5, 0.6) is 0 Å². The van der Waals surface area contributed by atoms with Crippen molar-refractivity contribution in [3.8, 4) is 0 Å². The molecular weight excluding hydrogens is 404 g/mol. The number of sulfonamides is 1. The zero-order valence-corrected chi connectivity index (χ0v) is 16.6. The Bertz CT molecular complexity index is 667. The Labute approximate surface area is 149 Å². The zero-order chi connectivity index (χ0) is 17.3. The van der Waals surface area contributed by atoms with Crippen molar-refractivity contribution in [3.63, 3.8) is 0 Å². The smallest absolute Gasteiger partial charge is 0.410 e. The summed E-state index contributed by atoms with van der Waals surface area (Å²) >= 11 is 4.41. The SMILES string of the molecule is CC(C)(C)OC(=O)N1CCC[C@H]1CNS(=O)(=O)c1ccc(Br)s1. The molecule has 2 rings (SSSR count). The number of amides is 1. The highest BCUT2D eigenvalue weighted by Crippen LogP contribution is 2.26. The van der Waals surface area contributed by atoms with Crippen molar-refractivity contribution in [2.45, 2.75) is 49.5 Å². The van der Waals surface area contributed by atoms with Gasteiger partial charge in [0.2, 0.25) is 10.0 Å². The molecule has 130 valence electrons. The quantitative estimate of drug-likeness (QED) is 0.804. The van der Waals surface area contributed by atoms with Crippen molar-refractivity contribution in [1.29, 1.82) is 0 Å². The molecule has 1 aliphatic heterocycles. The average molecular weight is 425 g/mol. The number of rotatable bonds is 4. The molecule has 1 aromatic rings. The Morgan fingerprint density at radius 1 is 1.48 bits per heavy atom. The van der Waals surface area contributed by atoms with Crippen LogP contribution in [0.25, 0.3) is 0 Å². The van der Waals surface area contributed by atoms with Crippen molar-refractivity contribution < 1.29 is 17.9 Å². The molecule has 0 bridgehead atoms. The average Bonchev–Trinajstić information content (AvgIpc) is 3.03. The first-order chi connectivity index (χ1) is 10.6. The van der Waals surface area contributed by atoms with E-state index in [1.165, 1.54) is 0 Å². The Morgan fingerprint density at radius 3 is 2.74 bits per heavy atom. The van der Waals surface area contributed by atoms with E-state index in [4.69, 9.17) is 4.74 Å². The van der Waals surface area contributed by atoms with Crippen LogP contribution in [-0.2, 0) is 14.8 Å². The van der Waals surface area contributed by atoms with Crippen LogP contribution in [0.3, 0.4) is 0 Å². The van der Waals surface area contributed by atoms with Crippen LogP contribution in [0.4, 0.5) is 4.79 Å². The predicted octanol–water partition coefficient (Wildman–Crippen LogP) is 3.19. The van der Waals surface area contributed by atoms with E-state index in [2.05, 4.69) is 20.7 Å². The van der Waals surface area contributed by atoms with E-state index in [1.54, 1.807) is 17.0 Å². The topological polar surface area (TPSA) is 75.7 Å². The Hall–Kier alpha value is -0.640. The van der Waals surface area contributed by atoms with Crippen molar-refractivity contribution in [1.82, 2.24) is 9.62 Å². The van der Waals surface area contributed by atoms with Crippen LogP contribution in [-0.4, -0.2) is 44.1 Å². The molecule has 0 aliphatic carbocycles. The minimum absolute atomic E-state index is 0.178. The molecule has 6 nitrogen and oxygen atoms in total. The summed E-state index contributed by atoms with van der Waals surface area (Å²) in [4.78, 5) is 13.8. The lowest BCUT2D eigenvalue weighted by atomic mass is 10.2. The summed E-state index contributed by atoms with van der Waals surface area (Å²) in [6.07, 6.45) is 1.21. The Kier molecular flexibility index (Phi) is 5.76. The normalized spacial score (nSPS) is 19.1. The van der Waals surface area contributed by atoms with Gasteiger partial charge in [-0.3, -0.25) is 0 Å². The van der Waals surface area contributed by atoms with E-state index in [1.807, 2.05) is 20.8 Å². The second-order valence-electron chi connectivity index (χ2n) is 6.38. The van der Waals surface area contributed by atoms with Gasteiger partial charge in [-0.15, -0.1) is 11.3 Å². The number of carbonyl (C=O) groups excluding carboxylic acids is 1. The number of halogens is 1. The predicted molar refractivity (Wildman–Crippen MR) is 93.2 cm³/mol. The molecule has 1 aliphatic rings. The molecule has 0 aromatic carbocycles. The lowest BCUT2D eigenvalue weighted by Crippen LogP contribution is -2.45. The lowest BCUT2D eigenvalue weighted by Gasteiger charge is -2.28. The van der Waals surface area contributed by atoms with Gasteiger partial charge in [-0.25, -0.2) is 17.9 Å². The van der Waals surface area contributed by atoms with Gasteiger partial charge in [-0.1, -0.05) is 0 Å². The summed E-state index contributed by atoms with van der Waals surface area (Å²) < 4.78 is 33.5. The largest absolute Gasteiger partial charge is 0.444 e. The molecular formula is C14H21BrN2O4S2. The number of ether oxygens (including phenoxy) is 1. The van der Waals surface area contributed by atoms with Crippen LogP contribution in [0.15, 0.2) is 20.1 Å². The fraction of sp³-hybridized carbons (Fsp3) is 0.643. The molecule has 1 N–H and O–H groups in total. The van der Waals surface area contributed by atoms with Gasteiger partial charge >= 0.3 is 6.09 Å². The van der Waals surface area contributed by atoms with E-state index < -0.39 is 21.7 Å². The van der Waals surface area contributed by atoms with Gasteiger partial charge in [0.05, 0.1) is 3.79 Å². The van der Waals surface area contributed by atoms with E-state index in [0.717, 1.165) is 28.0 Å². The van der Waals surface area contributed by atoms with Crippen LogP contribution in [0.1, 0.15) is 33.6 Å². The van der Waals surface area contributed by atoms with Gasteiger partial charge in [0.15, 0.2) is 0 Å². The molecule has 9 heteroatoms. The summed E-state index contributed by atoms with van der Waals surface area (Å²) in [6, 6.07) is 3.07. The van der Waals surface area contributed by atoms with Gasteiger partial charge in [0.1, 0.15) is 9.81 Å². The number of hydrogen-bond donors (Lipinski definition) is 1. The van der Waals surface area contributed by atoms with Gasteiger partial charge in [-0.05, 0) is 61.7 Å². The highest BCUT2D eigenvalue weighted by molar-refractivity contribution is 9.11. The second kappa shape index (κ2) is 7.08. The first-order valence-corrected chi connectivity index (χ1v) is 10.4. The number of nitrogens with one attached hydrogen (secondary N) is 1. The number of carbonyl (C=O) groups is 1. The van der Waals surface area contributed by atoms with Crippen molar-refractivity contribution in [2.24, 2.45) is 0 Å². The first-order valence-electron chi connectivity index (χ1n) is 7.33. The van der Waals surface area contributed by atoms with Gasteiger partial charge in [0.25, 0.3) is 0 Å². The molecule has 0 unspecified atom stereocenters. The summed E-state index contributed by atoms with van der Waals surface area (Å²) in [5, 5.41) is 0. The molecule has 1 aromatic heterocycles. The first kappa shape index (κ1) is 18.7. The monoisotopic (exact) mass is 424 g/mol. The van der Waals surface area contributed by atoms with E-state index >= 15 is 0 Å². The summed E-state index contributed by atoms with van der Waals surface area (Å²) in [5.41, 5.74) is -0.563. The molecule has 0 saturated carbocycles.